The predicted octanol–water partition coefficient (Wildman–Crippen LogP) is 6.42. The molecule has 2 aromatic carbocycles. The molecule has 0 aliphatic heterocycles. The molecule has 134 valence electrons. The molecule has 0 aliphatic carbocycles. The topological polar surface area (TPSA) is 42.0 Å². The first-order valence-electron chi connectivity index (χ1n) is 8.20. The third-order valence-corrected chi connectivity index (χ3v) is 5.74. The number of halogens is 2. The van der Waals surface area contributed by atoms with Gasteiger partial charge in [-0.15, -0.1) is 11.3 Å². The van der Waals surface area contributed by atoms with Crippen LogP contribution in [0.3, 0.4) is 0 Å². The molecule has 3 nitrogen and oxygen atoms in total. The first-order valence-corrected chi connectivity index (χ1v) is 9.84. The van der Waals surface area contributed by atoms with Crippen molar-refractivity contribution in [2.45, 2.75) is 26.2 Å². The van der Waals surface area contributed by atoms with Gasteiger partial charge in [0.15, 0.2) is 0 Å². The maximum absolute atomic E-state index is 11.2. The SMILES string of the molecule is CC(=O)Nc1cc(Cl)c(CC(C)c2nc(-c3ccccc3)cs2)c(Cl)c1. The average molecular weight is 405 g/mol. The lowest BCUT2D eigenvalue weighted by molar-refractivity contribution is -0.114. The number of hydrogen-bond acceptors (Lipinski definition) is 3. The molecule has 1 atom stereocenters. The van der Waals surface area contributed by atoms with Crippen LogP contribution in [0.2, 0.25) is 10.0 Å². The number of benzene rings is 2. The highest BCUT2D eigenvalue weighted by atomic mass is 35.5. The molecule has 26 heavy (non-hydrogen) atoms. The molecule has 0 bridgehead atoms. The number of carbonyl (C=O) groups excluding carboxylic acids is 1. The van der Waals surface area contributed by atoms with Crippen molar-refractivity contribution < 1.29 is 4.79 Å². The standard InChI is InChI=1S/C20H18Cl2N2OS/c1-12(20-24-19(11-26-20)14-6-4-3-5-7-14)8-16-17(21)9-15(10-18(16)22)23-13(2)25/h3-7,9-12H,8H2,1-2H3,(H,23,25). The lowest BCUT2D eigenvalue weighted by atomic mass is 10.0. The second-order valence-electron chi connectivity index (χ2n) is 6.14. The third kappa shape index (κ3) is 4.44. The lowest BCUT2D eigenvalue weighted by Crippen LogP contribution is -2.06. The van der Waals surface area contributed by atoms with E-state index in [2.05, 4.69) is 29.8 Å². The zero-order valence-corrected chi connectivity index (χ0v) is 16.8. The van der Waals surface area contributed by atoms with Crippen molar-refractivity contribution in [3.8, 4) is 11.3 Å². The van der Waals surface area contributed by atoms with Gasteiger partial charge in [0.25, 0.3) is 0 Å². The largest absolute Gasteiger partial charge is 0.326 e. The van der Waals surface area contributed by atoms with Crippen LogP contribution in [0, 0.1) is 0 Å². The Bertz CT molecular complexity index is 902. The van der Waals surface area contributed by atoms with E-state index >= 15 is 0 Å². The fraction of sp³-hybridized carbons (Fsp3) is 0.200. The molecule has 0 spiro atoms. The third-order valence-electron chi connectivity index (χ3n) is 3.98. The molecular formula is C20H18Cl2N2OS. The summed E-state index contributed by atoms with van der Waals surface area (Å²) in [6.07, 6.45) is 0.680. The summed E-state index contributed by atoms with van der Waals surface area (Å²) in [6, 6.07) is 13.6. The van der Waals surface area contributed by atoms with Crippen LogP contribution in [-0.4, -0.2) is 10.9 Å². The van der Waals surface area contributed by atoms with Gasteiger partial charge in [0.05, 0.1) is 10.7 Å². The number of carbonyl (C=O) groups is 1. The summed E-state index contributed by atoms with van der Waals surface area (Å²) in [5.74, 6) is 0.0218. The van der Waals surface area contributed by atoms with E-state index in [1.165, 1.54) is 6.92 Å². The molecule has 0 aliphatic rings. The Morgan fingerprint density at radius 1 is 1.19 bits per heavy atom. The Morgan fingerprint density at radius 2 is 1.85 bits per heavy atom. The predicted molar refractivity (Wildman–Crippen MR) is 110 cm³/mol. The number of aromatic nitrogens is 1. The van der Waals surface area contributed by atoms with E-state index in [1.807, 2.05) is 18.2 Å². The van der Waals surface area contributed by atoms with Gasteiger partial charge in [-0.1, -0.05) is 60.5 Å². The number of rotatable bonds is 5. The Morgan fingerprint density at radius 3 is 2.46 bits per heavy atom. The Hall–Kier alpha value is -1.88. The van der Waals surface area contributed by atoms with Crippen molar-refractivity contribution in [2.75, 3.05) is 5.32 Å². The molecule has 3 rings (SSSR count). The summed E-state index contributed by atoms with van der Waals surface area (Å²) in [7, 11) is 0. The average Bonchev–Trinajstić information content (AvgIpc) is 3.08. The quantitative estimate of drug-likeness (QED) is 0.532. The smallest absolute Gasteiger partial charge is 0.221 e. The first kappa shape index (κ1) is 18.9. The van der Waals surface area contributed by atoms with Crippen molar-refractivity contribution in [2.24, 2.45) is 0 Å². The second-order valence-corrected chi connectivity index (χ2v) is 7.85. The lowest BCUT2D eigenvalue weighted by Gasteiger charge is -2.13. The van der Waals surface area contributed by atoms with Gasteiger partial charge in [-0.3, -0.25) is 4.79 Å². The fourth-order valence-corrected chi connectivity index (χ4v) is 4.25. The van der Waals surface area contributed by atoms with Gasteiger partial charge in [-0.05, 0) is 24.1 Å². The molecule has 0 saturated carbocycles. The van der Waals surface area contributed by atoms with Crippen molar-refractivity contribution in [1.29, 1.82) is 0 Å². The van der Waals surface area contributed by atoms with E-state index in [9.17, 15) is 4.79 Å². The van der Waals surface area contributed by atoms with Gasteiger partial charge in [0.2, 0.25) is 5.91 Å². The molecule has 0 saturated heterocycles. The maximum Gasteiger partial charge on any atom is 0.221 e. The van der Waals surface area contributed by atoms with Crippen LogP contribution in [0.5, 0.6) is 0 Å². The molecule has 0 fully saturated rings. The van der Waals surface area contributed by atoms with Gasteiger partial charge >= 0.3 is 0 Å². The summed E-state index contributed by atoms with van der Waals surface area (Å²) in [5, 5.41) is 6.92. The summed E-state index contributed by atoms with van der Waals surface area (Å²) in [4.78, 5) is 16.0. The van der Waals surface area contributed by atoms with E-state index in [-0.39, 0.29) is 11.8 Å². The van der Waals surface area contributed by atoms with Crippen LogP contribution >= 0.6 is 34.5 Å². The molecule has 1 amide bonds. The van der Waals surface area contributed by atoms with Crippen LogP contribution in [0.1, 0.15) is 30.3 Å². The number of nitrogens with zero attached hydrogens (tertiary/aromatic N) is 1. The van der Waals surface area contributed by atoms with E-state index in [4.69, 9.17) is 28.2 Å². The van der Waals surface area contributed by atoms with E-state index < -0.39 is 0 Å². The molecule has 1 unspecified atom stereocenters. The van der Waals surface area contributed by atoms with E-state index in [0.29, 0.717) is 22.2 Å². The number of amides is 1. The van der Waals surface area contributed by atoms with Gasteiger partial charge in [-0.25, -0.2) is 4.98 Å². The molecular weight excluding hydrogens is 387 g/mol. The Labute approximate surface area is 167 Å². The second kappa shape index (κ2) is 8.21. The Kier molecular flexibility index (Phi) is 5.97. The highest BCUT2D eigenvalue weighted by molar-refractivity contribution is 7.10. The van der Waals surface area contributed by atoms with Crippen LogP contribution < -0.4 is 5.32 Å². The minimum Gasteiger partial charge on any atom is -0.326 e. The minimum absolute atomic E-state index is 0.158. The van der Waals surface area contributed by atoms with Crippen LogP contribution in [0.25, 0.3) is 11.3 Å². The van der Waals surface area contributed by atoms with Gasteiger partial charge in [0, 0.05) is 39.5 Å². The van der Waals surface area contributed by atoms with Crippen molar-refractivity contribution in [1.82, 2.24) is 4.98 Å². The first-order chi connectivity index (χ1) is 12.4. The monoisotopic (exact) mass is 404 g/mol. The highest BCUT2D eigenvalue weighted by Crippen LogP contribution is 2.35. The summed E-state index contributed by atoms with van der Waals surface area (Å²) < 4.78 is 0. The minimum atomic E-state index is -0.158. The maximum atomic E-state index is 11.2. The van der Waals surface area contributed by atoms with Crippen LogP contribution in [-0.2, 0) is 11.2 Å². The molecule has 1 heterocycles. The molecule has 6 heteroatoms. The van der Waals surface area contributed by atoms with Crippen LogP contribution in [0.4, 0.5) is 5.69 Å². The summed E-state index contributed by atoms with van der Waals surface area (Å²) >= 11 is 14.4. The number of hydrogen-bond donors (Lipinski definition) is 1. The van der Waals surface area contributed by atoms with Crippen molar-refractivity contribution in [3.05, 3.63) is 68.5 Å². The van der Waals surface area contributed by atoms with Gasteiger partial charge in [0.1, 0.15) is 0 Å². The van der Waals surface area contributed by atoms with E-state index in [0.717, 1.165) is 21.8 Å². The molecule has 0 radical (unpaired) electrons. The summed E-state index contributed by atoms with van der Waals surface area (Å²) in [6.45, 7) is 3.56. The van der Waals surface area contributed by atoms with Gasteiger partial charge in [-0.2, -0.15) is 0 Å². The summed E-state index contributed by atoms with van der Waals surface area (Å²) in [5.41, 5.74) is 3.56. The van der Waals surface area contributed by atoms with Crippen molar-refractivity contribution >= 4 is 46.1 Å². The van der Waals surface area contributed by atoms with Gasteiger partial charge < -0.3 is 5.32 Å². The fourth-order valence-electron chi connectivity index (χ4n) is 2.72. The molecule has 3 aromatic rings. The van der Waals surface area contributed by atoms with E-state index in [1.54, 1.807) is 23.5 Å². The van der Waals surface area contributed by atoms with Crippen molar-refractivity contribution in [3.63, 3.8) is 0 Å². The number of thiazole rings is 1. The zero-order valence-electron chi connectivity index (χ0n) is 14.4. The van der Waals surface area contributed by atoms with Crippen LogP contribution in [0.15, 0.2) is 47.8 Å². The zero-order chi connectivity index (χ0) is 18.7. The number of anilines is 1. The highest BCUT2D eigenvalue weighted by Gasteiger charge is 2.17. The Balaban J connectivity index is 1.79. The normalized spacial score (nSPS) is 12.0. The number of nitrogens with one attached hydrogen (secondary N) is 1. The molecule has 1 aromatic heterocycles. The molecule has 1 N–H and O–H groups in total.